The number of methoxy groups -OCH3 is 1. The molecule has 2 aromatic heterocycles. The summed E-state index contributed by atoms with van der Waals surface area (Å²) in [6, 6.07) is 10.0. The van der Waals surface area contributed by atoms with Crippen LogP contribution in [0.3, 0.4) is 0 Å². The summed E-state index contributed by atoms with van der Waals surface area (Å²) >= 11 is 0. The standard InChI is InChI=1S/C19H21FN4O2/c1-26-13-7-4-10-21-18(25)15-14-22-24(17-9-3-2-8-16(17)20)19(15)23-11-5-6-12-23/h2-3,5-6,8-9,11-12,14H,4,7,10,13H2,1H3,(H,21,25). The van der Waals surface area contributed by atoms with Crippen LogP contribution in [-0.2, 0) is 4.74 Å². The van der Waals surface area contributed by atoms with E-state index in [9.17, 15) is 9.18 Å². The average Bonchev–Trinajstić information content (AvgIpc) is 3.31. The Hall–Kier alpha value is -2.93. The number of amides is 1. The Bertz CT molecular complexity index is 858. The van der Waals surface area contributed by atoms with Crippen molar-refractivity contribution in [3.8, 4) is 11.5 Å². The van der Waals surface area contributed by atoms with Gasteiger partial charge in [-0.1, -0.05) is 12.1 Å². The minimum atomic E-state index is -0.407. The number of rotatable bonds is 8. The molecule has 136 valence electrons. The van der Waals surface area contributed by atoms with Crippen LogP contribution in [0.15, 0.2) is 55.0 Å². The summed E-state index contributed by atoms with van der Waals surface area (Å²) in [7, 11) is 1.65. The van der Waals surface area contributed by atoms with Crippen molar-refractivity contribution in [3.05, 3.63) is 66.4 Å². The Morgan fingerprint density at radius 1 is 1.19 bits per heavy atom. The highest BCUT2D eigenvalue weighted by Crippen LogP contribution is 2.21. The fourth-order valence-electron chi connectivity index (χ4n) is 2.69. The molecule has 0 aliphatic carbocycles. The summed E-state index contributed by atoms with van der Waals surface area (Å²) in [4.78, 5) is 12.6. The highest BCUT2D eigenvalue weighted by atomic mass is 19.1. The smallest absolute Gasteiger partial charge is 0.256 e. The van der Waals surface area contributed by atoms with Crippen molar-refractivity contribution in [1.82, 2.24) is 19.7 Å². The van der Waals surface area contributed by atoms with E-state index in [1.165, 1.54) is 16.9 Å². The van der Waals surface area contributed by atoms with E-state index in [0.29, 0.717) is 24.5 Å². The molecule has 1 amide bonds. The Balaban J connectivity index is 1.89. The number of hydrogen-bond acceptors (Lipinski definition) is 3. The topological polar surface area (TPSA) is 61.1 Å². The number of aromatic nitrogens is 3. The number of carbonyl (C=O) groups excluding carboxylic acids is 1. The third kappa shape index (κ3) is 3.83. The fourth-order valence-corrected chi connectivity index (χ4v) is 2.69. The van der Waals surface area contributed by atoms with E-state index in [1.54, 1.807) is 42.3 Å². The SMILES string of the molecule is COCCCCNC(=O)c1cnn(-c2ccccc2F)c1-n1cccc1. The normalized spacial score (nSPS) is 10.8. The van der Waals surface area contributed by atoms with Gasteiger partial charge in [0, 0.05) is 32.7 Å². The van der Waals surface area contributed by atoms with Gasteiger partial charge in [0.05, 0.1) is 6.20 Å². The second-order valence-electron chi connectivity index (χ2n) is 5.79. The third-order valence-corrected chi connectivity index (χ3v) is 3.98. The summed E-state index contributed by atoms with van der Waals surface area (Å²) in [6.07, 6.45) is 6.75. The molecule has 0 bridgehead atoms. The number of nitrogens with one attached hydrogen (secondary N) is 1. The van der Waals surface area contributed by atoms with Gasteiger partial charge in [0.2, 0.25) is 0 Å². The van der Waals surface area contributed by atoms with Crippen LogP contribution in [0.5, 0.6) is 0 Å². The van der Waals surface area contributed by atoms with Gasteiger partial charge in [0.25, 0.3) is 5.91 Å². The molecule has 3 rings (SSSR count). The number of benzene rings is 1. The van der Waals surface area contributed by atoms with Gasteiger partial charge in [0.15, 0.2) is 5.82 Å². The van der Waals surface area contributed by atoms with Crippen molar-refractivity contribution in [2.75, 3.05) is 20.3 Å². The van der Waals surface area contributed by atoms with Gasteiger partial charge in [-0.15, -0.1) is 0 Å². The maximum atomic E-state index is 14.2. The molecular weight excluding hydrogens is 335 g/mol. The highest BCUT2D eigenvalue weighted by molar-refractivity contribution is 5.97. The number of unbranched alkanes of at least 4 members (excludes halogenated alkanes) is 1. The van der Waals surface area contributed by atoms with Crippen LogP contribution < -0.4 is 5.32 Å². The monoisotopic (exact) mass is 356 g/mol. The Morgan fingerprint density at radius 3 is 2.69 bits per heavy atom. The molecule has 0 fully saturated rings. The summed E-state index contributed by atoms with van der Waals surface area (Å²) in [5, 5.41) is 7.14. The number of hydrogen-bond donors (Lipinski definition) is 1. The maximum absolute atomic E-state index is 14.2. The molecule has 26 heavy (non-hydrogen) atoms. The van der Waals surface area contributed by atoms with Crippen LogP contribution in [0, 0.1) is 5.82 Å². The van der Waals surface area contributed by atoms with Crippen LogP contribution in [0.2, 0.25) is 0 Å². The molecule has 1 aromatic carbocycles. The molecule has 0 aliphatic heterocycles. The zero-order chi connectivity index (χ0) is 18.4. The first-order valence-electron chi connectivity index (χ1n) is 8.46. The molecule has 1 N–H and O–H groups in total. The number of para-hydroxylation sites is 1. The molecule has 0 spiro atoms. The minimum absolute atomic E-state index is 0.242. The van der Waals surface area contributed by atoms with Crippen LogP contribution in [0.25, 0.3) is 11.5 Å². The van der Waals surface area contributed by atoms with E-state index in [4.69, 9.17) is 4.74 Å². The van der Waals surface area contributed by atoms with Gasteiger partial charge >= 0.3 is 0 Å². The van der Waals surface area contributed by atoms with Gasteiger partial charge < -0.3 is 14.6 Å². The summed E-state index contributed by atoms with van der Waals surface area (Å²) < 4.78 is 22.4. The van der Waals surface area contributed by atoms with Crippen molar-refractivity contribution < 1.29 is 13.9 Å². The molecule has 0 radical (unpaired) electrons. The number of ether oxygens (including phenoxy) is 1. The molecule has 7 heteroatoms. The summed E-state index contributed by atoms with van der Waals surface area (Å²) in [6.45, 7) is 1.20. The molecular formula is C19H21FN4O2. The van der Waals surface area contributed by atoms with Crippen LogP contribution in [0.1, 0.15) is 23.2 Å². The lowest BCUT2D eigenvalue weighted by atomic mass is 10.2. The van der Waals surface area contributed by atoms with Crippen molar-refractivity contribution in [2.24, 2.45) is 0 Å². The number of carbonyl (C=O) groups is 1. The molecule has 3 aromatic rings. The van der Waals surface area contributed by atoms with Crippen molar-refractivity contribution in [1.29, 1.82) is 0 Å². The first kappa shape index (κ1) is 17.9. The van der Waals surface area contributed by atoms with E-state index in [-0.39, 0.29) is 11.6 Å². The molecule has 6 nitrogen and oxygen atoms in total. The molecule has 0 atom stereocenters. The van der Waals surface area contributed by atoms with Gasteiger partial charge in [-0.05, 0) is 37.1 Å². The lowest BCUT2D eigenvalue weighted by Gasteiger charge is -2.11. The van der Waals surface area contributed by atoms with Crippen LogP contribution >= 0.6 is 0 Å². The first-order chi connectivity index (χ1) is 12.7. The van der Waals surface area contributed by atoms with E-state index in [2.05, 4.69) is 10.4 Å². The van der Waals surface area contributed by atoms with Crippen molar-refractivity contribution >= 4 is 5.91 Å². The predicted molar refractivity (Wildman–Crippen MR) is 96.3 cm³/mol. The van der Waals surface area contributed by atoms with E-state index >= 15 is 0 Å². The van der Waals surface area contributed by atoms with Gasteiger partial charge in [0.1, 0.15) is 17.1 Å². The van der Waals surface area contributed by atoms with Crippen molar-refractivity contribution in [3.63, 3.8) is 0 Å². The molecule has 0 unspecified atom stereocenters. The van der Waals surface area contributed by atoms with Crippen molar-refractivity contribution in [2.45, 2.75) is 12.8 Å². The zero-order valence-corrected chi connectivity index (χ0v) is 14.6. The third-order valence-electron chi connectivity index (χ3n) is 3.98. The first-order valence-corrected chi connectivity index (χ1v) is 8.46. The Labute approximate surface area is 151 Å². The zero-order valence-electron chi connectivity index (χ0n) is 14.6. The molecule has 0 saturated carbocycles. The minimum Gasteiger partial charge on any atom is -0.385 e. The van der Waals surface area contributed by atoms with E-state index in [0.717, 1.165) is 12.8 Å². The highest BCUT2D eigenvalue weighted by Gasteiger charge is 2.20. The lowest BCUT2D eigenvalue weighted by Crippen LogP contribution is -2.25. The van der Waals surface area contributed by atoms with Gasteiger partial charge in [-0.25, -0.2) is 9.07 Å². The second kappa shape index (κ2) is 8.44. The fraction of sp³-hybridized carbons (Fsp3) is 0.263. The van der Waals surface area contributed by atoms with E-state index < -0.39 is 5.82 Å². The quantitative estimate of drug-likeness (QED) is 0.631. The Morgan fingerprint density at radius 2 is 1.96 bits per heavy atom. The summed E-state index contributed by atoms with van der Waals surface area (Å²) in [5.74, 6) is -0.154. The lowest BCUT2D eigenvalue weighted by molar-refractivity contribution is 0.0951. The van der Waals surface area contributed by atoms with Gasteiger partial charge in [-0.3, -0.25) is 4.79 Å². The maximum Gasteiger partial charge on any atom is 0.256 e. The second-order valence-corrected chi connectivity index (χ2v) is 5.79. The predicted octanol–water partition coefficient (Wildman–Crippen LogP) is 2.96. The van der Waals surface area contributed by atoms with Crippen LogP contribution in [0.4, 0.5) is 4.39 Å². The van der Waals surface area contributed by atoms with Gasteiger partial charge in [-0.2, -0.15) is 5.10 Å². The number of halogens is 1. The molecule has 0 aliphatic rings. The molecule has 0 saturated heterocycles. The van der Waals surface area contributed by atoms with E-state index in [1.807, 2.05) is 12.1 Å². The van der Waals surface area contributed by atoms with Crippen LogP contribution in [-0.4, -0.2) is 40.5 Å². The largest absolute Gasteiger partial charge is 0.385 e. The number of nitrogens with zero attached hydrogens (tertiary/aromatic N) is 3. The summed E-state index contributed by atoms with van der Waals surface area (Å²) in [5.41, 5.74) is 0.673. The molecule has 2 heterocycles. The average molecular weight is 356 g/mol. The Kier molecular flexibility index (Phi) is 5.80.